The second-order valence-corrected chi connectivity index (χ2v) is 6.52. The minimum Gasteiger partial charge on any atom is -0.493 e. The van der Waals surface area contributed by atoms with Gasteiger partial charge in [-0.2, -0.15) is 0 Å². The topological polar surface area (TPSA) is 81.4 Å². The zero-order chi connectivity index (χ0) is 19.1. The van der Waals surface area contributed by atoms with Crippen LogP contribution in [0.4, 0.5) is 5.69 Å². The fourth-order valence-corrected chi connectivity index (χ4v) is 2.62. The van der Waals surface area contributed by atoms with Crippen LogP contribution in [0.1, 0.15) is 46.3 Å². The first kappa shape index (κ1) is 19.5. The standard InChI is InChI=1S/C21H26N2O3/c1-14-7-8-16(3)19(12-14)26-11-5-4-6-20(24)23-17-10-9-15(2)18(13-17)21(22)25/h7-10,12-13H,4-6,11H2,1-3H3,(H2,22,25)(H,23,24). The molecule has 0 radical (unpaired) electrons. The van der Waals surface area contributed by atoms with Crippen LogP contribution in [0, 0.1) is 20.8 Å². The second kappa shape index (κ2) is 9.04. The highest BCUT2D eigenvalue weighted by Crippen LogP contribution is 2.19. The summed E-state index contributed by atoms with van der Waals surface area (Å²) in [6.07, 6.45) is 1.92. The second-order valence-electron chi connectivity index (χ2n) is 6.52. The molecule has 0 spiro atoms. The molecular formula is C21H26N2O3. The van der Waals surface area contributed by atoms with Crippen molar-refractivity contribution in [2.45, 2.75) is 40.0 Å². The summed E-state index contributed by atoms with van der Waals surface area (Å²) in [6.45, 7) is 6.44. The molecule has 2 amide bonds. The molecule has 0 saturated carbocycles. The van der Waals surface area contributed by atoms with Crippen molar-refractivity contribution >= 4 is 17.5 Å². The lowest BCUT2D eigenvalue weighted by atomic mass is 10.1. The van der Waals surface area contributed by atoms with Gasteiger partial charge in [-0.3, -0.25) is 9.59 Å². The summed E-state index contributed by atoms with van der Waals surface area (Å²) in [4.78, 5) is 23.4. The van der Waals surface area contributed by atoms with Crippen molar-refractivity contribution < 1.29 is 14.3 Å². The molecule has 3 N–H and O–H groups in total. The minimum absolute atomic E-state index is 0.0870. The maximum absolute atomic E-state index is 12.0. The summed E-state index contributed by atoms with van der Waals surface area (Å²) in [5.41, 5.74) is 9.40. The van der Waals surface area contributed by atoms with Gasteiger partial charge in [0.05, 0.1) is 6.61 Å². The Bertz CT molecular complexity index is 800. The molecule has 2 aromatic rings. The molecule has 2 rings (SSSR count). The Kier molecular flexibility index (Phi) is 6.78. The van der Waals surface area contributed by atoms with Crippen LogP contribution in [0.3, 0.4) is 0 Å². The number of anilines is 1. The molecule has 5 nitrogen and oxygen atoms in total. The quantitative estimate of drug-likeness (QED) is 0.706. The van der Waals surface area contributed by atoms with Crippen molar-refractivity contribution in [3.05, 3.63) is 58.7 Å². The van der Waals surface area contributed by atoms with E-state index in [9.17, 15) is 9.59 Å². The van der Waals surface area contributed by atoms with Crippen molar-refractivity contribution in [2.75, 3.05) is 11.9 Å². The molecule has 0 unspecified atom stereocenters. The number of carbonyl (C=O) groups is 2. The predicted octanol–water partition coefficient (Wildman–Crippen LogP) is 3.90. The average molecular weight is 354 g/mol. The summed E-state index contributed by atoms with van der Waals surface area (Å²) in [7, 11) is 0. The smallest absolute Gasteiger partial charge is 0.249 e. The van der Waals surface area contributed by atoms with Crippen molar-refractivity contribution in [3.8, 4) is 5.75 Å². The van der Waals surface area contributed by atoms with Gasteiger partial charge < -0.3 is 15.8 Å². The Balaban J connectivity index is 1.75. The summed E-state index contributed by atoms with van der Waals surface area (Å²) in [5.74, 6) is 0.311. The number of rotatable bonds is 8. The van der Waals surface area contributed by atoms with Crippen LogP contribution in [0.5, 0.6) is 5.75 Å². The fraction of sp³-hybridized carbons (Fsp3) is 0.333. The Hall–Kier alpha value is -2.82. The number of primary amides is 1. The molecule has 0 heterocycles. The molecule has 0 saturated heterocycles. The molecule has 0 aliphatic rings. The SMILES string of the molecule is Cc1ccc(C)c(OCCCCC(=O)Nc2ccc(C)c(C(N)=O)c2)c1. The van der Waals surface area contributed by atoms with Gasteiger partial charge in [-0.1, -0.05) is 18.2 Å². The minimum atomic E-state index is -0.498. The third-order valence-electron chi connectivity index (χ3n) is 4.19. The summed E-state index contributed by atoms with van der Waals surface area (Å²) in [6, 6.07) is 11.3. The van der Waals surface area contributed by atoms with Gasteiger partial charge in [0.25, 0.3) is 0 Å². The lowest BCUT2D eigenvalue weighted by molar-refractivity contribution is -0.116. The van der Waals surface area contributed by atoms with E-state index < -0.39 is 5.91 Å². The van der Waals surface area contributed by atoms with Gasteiger partial charge in [-0.15, -0.1) is 0 Å². The summed E-state index contributed by atoms with van der Waals surface area (Å²) >= 11 is 0. The molecule has 0 bridgehead atoms. The highest BCUT2D eigenvalue weighted by atomic mass is 16.5. The highest BCUT2D eigenvalue weighted by molar-refractivity contribution is 5.97. The van der Waals surface area contributed by atoms with E-state index in [1.165, 1.54) is 5.56 Å². The van der Waals surface area contributed by atoms with Crippen LogP contribution in [0.15, 0.2) is 36.4 Å². The largest absolute Gasteiger partial charge is 0.493 e. The number of hydrogen-bond donors (Lipinski definition) is 2. The highest BCUT2D eigenvalue weighted by Gasteiger charge is 2.08. The maximum atomic E-state index is 12.0. The average Bonchev–Trinajstić information content (AvgIpc) is 2.59. The van der Waals surface area contributed by atoms with Gasteiger partial charge in [0.2, 0.25) is 11.8 Å². The lowest BCUT2D eigenvalue weighted by Crippen LogP contribution is -2.15. The first-order valence-electron chi connectivity index (χ1n) is 8.77. The van der Waals surface area contributed by atoms with Gasteiger partial charge in [0, 0.05) is 17.7 Å². The van der Waals surface area contributed by atoms with Gasteiger partial charge >= 0.3 is 0 Å². The van der Waals surface area contributed by atoms with E-state index in [2.05, 4.69) is 11.4 Å². The van der Waals surface area contributed by atoms with E-state index in [4.69, 9.17) is 10.5 Å². The van der Waals surface area contributed by atoms with Crippen LogP contribution in [0.25, 0.3) is 0 Å². The number of amides is 2. The number of nitrogens with two attached hydrogens (primary N) is 1. The van der Waals surface area contributed by atoms with Crippen LogP contribution in [0.2, 0.25) is 0 Å². The van der Waals surface area contributed by atoms with Crippen LogP contribution in [-0.4, -0.2) is 18.4 Å². The molecular weight excluding hydrogens is 328 g/mol. The molecule has 5 heteroatoms. The molecule has 0 aliphatic carbocycles. The zero-order valence-corrected chi connectivity index (χ0v) is 15.6. The molecule has 2 aromatic carbocycles. The number of benzene rings is 2. The van der Waals surface area contributed by atoms with E-state index in [0.29, 0.717) is 24.3 Å². The third-order valence-corrected chi connectivity index (χ3v) is 4.19. The summed E-state index contributed by atoms with van der Waals surface area (Å²) < 4.78 is 5.79. The van der Waals surface area contributed by atoms with E-state index in [0.717, 1.165) is 29.7 Å². The van der Waals surface area contributed by atoms with Crippen LogP contribution >= 0.6 is 0 Å². The number of carbonyl (C=O) groups excluding carboxylic acids is 2. The maximum Gasteiger partial charge on any atom is 0.249 e. The number of unbranched alkanes of at least 4 members (excludes halogenated alkanes) is 1. The number of ether oxygens (including phenoxy) is 1. The Morgan fingerprint density at radius 3 is 2.46 bits per heavy atom. The number of aryl methyl sites for hydroxylation is 3. The lowest BCUT2D eigenvalue weighted by Gasteiger charge is -2.10. The van der Waals surface area contributed by atoms with Crippen LogP contribution in [-0.2, 0) is 4.79 Å². The molecule has 26 heavy (non-hydrogen) atoms. The van der Waals surface area contributed by atoms with E-state index in [1.54, 1.807) is 18.2 Å². The van der Waals surface area contributed by atoms with Gasteiger partial charge in [0.1, 0.15) is 5.75 Å². The Morgan fingerprint density at radius 2 is 1.73 bits per heavy atom. The Labute approximate surface area is 154 Å². The molecule has 0 aromatic heterocycles. The number of nitrogens with one attached hydrogen (secondary N) is 1. The summed E-state index contributed by atoms with van der Waals surface area (Å²) in [5, 5.41) is 2.80. The van der Waals surface area contributed by atoms with E-state index in [-0.39, 0.29) is 5.91 Å². The van der Waals surface area contributed by atoms with Crippen molar-refractivity contribution in [2.24, 2.45) is 5.73 Å². The van der Waals surface area contributed by atoms with E-state index >= 15 is 0 Å². The molecule has 138 valence electrons. The van der Waals surface area contributed by atoms with E-state index in [1.807, 2.05) is 32.9 Å². The molecule has 0 aliphatic heterocycles. The normalized spacial score (nSPS) is 10.4. The van der Waals surface area contributed by atoms with Gasteiger partial charge in [0.15, 0.2) is 0 Å². The van der Waals surface area contributed by atoms with Crippen LogP contribution < -0.4 is 15.8 Å². The fourth-order valence-electron chi connectivity index (χ4n) is 2.62. The van der Waals surface area contributed by atoms with Gasteiger partial charge in [-0.25, -0.2) is 0 Å². The monoisotopic (exact) mass is 354 g/mol. The van der Waals surface area contributed by atoms with Gasteiger partial charge in [-0.05, 0) is 68.5 Å². The molecule has 0 atom stereocenters. The molecule has 0 fully saturated rings. The first-order chi connectivity index (χ1) is 12.4. The first-order valence-corrected chi connectivity index (χ1v) is 8.77. The van der Waals surface area contributed by atoms with Crippen molar-refractivity contribution in [3.63, 3.8) is 0 Å². The zero-order valence-electron chi connectivity index (χ0n) is 15.6. The van der Waals surface area contributed by atoms with Crippen molar-refractivity contribution in [1.82, 2.24) is 0 Å². The number of hydrogen-bond acceptors (Lipinski definition) is 3. The Morgan fingerprint density at radius 1 is 1.00 bits per heavy atom. The third kappa shape index (κ3) is 5.62. The van der Waals surface area contributed by atoms with Crippen molar-refractivity contribution in [1.29, 1.82) is 0 Å². The predicted molar refractivity (Wildman–Crippen MR) is 104 cm³/mol.